The van der Waals surface area contributed by atoms with Gasteiger partial charge in [-0.25, -0.2) is 9.59 Å². The number of amides is 2. The summed E-state index contributed by atoms with van der Waals surface area (Å²) in [5, 5.41) is 12.2. The summed E-state index contributed by atoms with van der Waals surface area (Å²) in [7, 11) is 1.52. The Hall–Kier alpha value is -3.61. The molecule has 0 saturated carbocycles. The number of allylic oxidation sites excluding steroid dienone is 1. The third kappa shape index (κ3) is 4.69. The summed E-state index contributed by atoms with van der Waals surface area (Å²) in [6.07, 6.45) is 4.44. The van der Waals surface area contributed by atoms with Crippen molar-refractivity contribution in [2.24, 2.45) is 5.92 Å². The minimum Gasteiger partial charge on any atom is -0.480 e. The summed E-state index contributed by atoms with van der Waals surface area (Å²) >= 11 is 0. The Bertz CT molecular complexity index is 1070. The number of ether oxygens (including phenoxy) is 1. The molecule has 7 nitrogen and oxygen atoms in total. The summed E-state index contributed by atoms with van der Waals surface area (Å²) in [5.74, 6) is -1.65. The van der Waals surface area contributed by atoms with Gasteiger partial charge in [0, 0.05) is 18.9 Å². The zero-order chi connectivity index (χ0) is 24.2. The lowest BCUT2D eigenvalue weighted by Crippen LogP contribution is -2.47. The van der Waals surface area contributed by atoms with Gasteiger partial charge in [-0.05, 0) is 41.5 Å². The van der Waals surface area contributed by atoms with Crippen molar-refractivity contribution >= 4 is 18.0 Å². The summed E-state index contributed by atoms with van der Waals surface area (Å²) in [5.41, 5.74) is 4.62. The van der Waals surface area contributed by atoms with Crippen molar-refractivity contribution < 1.29 is 24.2 Å². The van der Waals surface area contributed by atoms with Gasteiger partial charge in [0.15, 0.2) is 0 Å². The van der Waals surface area contributed by atoms with Crippen LogP contribution < -0.4 is 5.32 Å². The first-order valence-electron chi connectivity index (χ1n) is 11.7. The second-order valence-electron chi connectivity index (χ2n) is 8.88. The van der Waals surface area contributed by atoms with Gasteiger partial charge in [-0.2, -0.15) is 0 Å². The SMILES string of the molecule is CCC(C(=O)O)N(C)C(=O)C1CC=CC(NC(=O)OCC2c3ccccc3-c3ccccc32)C1. The first kappa shape index (κ1) is 23.5. The van der Waals surface area contributed by atoms with Crippen molar-refractivity contribution in [2.45, 2.75) is 44.2 Å². The molecule has 2 aliphatic rings. The van der Waals surface area contributed by atoms with E-state index in [9.17, 15) is 19.5 Å². The Balaban J connectivity index is 1.35. The molecule has 0 aliphatic heterocycles. The molecule has 3 unspecified atom stereocenters. The van der Waals surface area contributed by atoms with E-state index in [4.69, 9.17) is 4.74 Å². The fraction of sp³-hybridized carbons (Fsp3) is 0.370. The standard InChI is InChI=1S/C27H30N2O5/c1-3-24(26(31)32)29(2)25(30)17-9-8-10-18(15-17)28-27(33)34-16-23-21-13-6-4-11-19(21)20-12-5-7-14-22(20)23/h4-8,10-14,17-18,23-24H,3,9,15-16H2,1-2H3,(H,28,33)(H,31,32). The van der Waals surface area contributed by atoms with Crippen LogP contribution in [0.5, 0.6) is 0 Å². The van der Waals surface area contributed by atoms with Gasteiger partial charge in [0.25, 0.3) is 0 Å². The molecule has 2 aromatic carbocycles. The molecule has 34 heavy (non-hydrogen) atoms. The van der Waals surface area contributed by atoms with Crippen LogP contribution in [0.2, 0.25) is 0 Å². The van der Waals surface area contributed by atoms with E-state index in [1.54, 1.807) is 6.92 Å². The maximum atomic E-state index is 12.9. The van der Waals surface area contributed by atoms with E-state index in [1.807, 2.05) is 36.4 Å². The number of likely N-dealkylation sites (N-methyl/N-ethyl adjacent to an activating group) is 1. The average Bonchev–Trinajstić information content (AvgIpc) is 3.16. The molecule has 0 bridgehead atoms. The Kier molecular flexibility index (Phi) is 7.01. The van der Waals surface area contributed by atoms with Crippen LogP contribution in [0.1, 0.15) is 43.2 Å². The van der Waals surface area contributed by atoms with Crippen LogP contribution in [-0.4, -0.2) is 53.7 Å². The minimum atomic E-state index is -1.02. The van der Waals surface area contributed by atoms with Crippen LogP contribution in [-0.2, 0) is 14.3 Å². The van der Waals surface area contributed by atoms with Gasteiger partial charge in [-0.15, -0.1) is 0 Å². The maximum Gasteiger partial charge on any atom is 0.407 e. The number of aliphatic carboxylic acids is 1. The number of nitrogens with zero attached hydrogens (tertiary/aromatic N) is 1. The van der Waals surface area contributed by atoms with Gasteiger partial charge in [0.1, 0.15) is 12.6 Å². The molecule has 0 aromatic heterocycles. The van der Waals surface area contributed by atoms with E-state index < -0.39 is 18.1 Å². The number of carbonyl (C=O) groups excluding carboxylic acids is 2. The molecule has 0 fully saturated rings. The summed E-state index contributed by atoms with van der Waals surface area (Å²) < 4.78 is 5.62. The Labute approximate surface area is 199 Å². The normalized spacial score (nSPS) is 19.6. The Morgan fingerprint density at radius 3 is 2.29 bits per heavy atom. The lowest BCUT2D eigenvalue weighted by molar-refractivity contribution is -0.151. The highest BCUT2D eigenvalue weighted by molar-refractivity contribution is 5.85. The monoisotopic (exact) mass is 462 g/mol. The third-order valence-electron chi connectivity index (χ3n) is 6.81. The van der Waals surface area contributed by atoms with Crippen LogP contribution in [0.4, 0.5) is 4.79 Å². The van der Waals surface area contributed by atoms with Crippen molar-refractivity contribution in [1.29, 1.82) is 0 Å². The van der Waals surface area contributed by atoms with Crippen LogP contribution in [0.25, 0.3) is 11.1 Å². The molecule has 3 atom stereocenters. The Morgan fingerprint density at radius 1 is 1.09 bits per heavy atom. The van der Waals surface area contributed by atoms with Crippen LogP contribution >= 0.6 is 0 Å². The molecule has 2 aromatic rings. The number of fused-ring (bicyclic) bond motifs is 3. The molecule has 2 aliphatic carbocycles. The van der Waals surface area contributed by atoms with Crippen LogP contribution in [0.15, 0.2) is 60.7 Å². The Morgan fingerprint density at radius 2 is 1.71 bits per heavy atom. The number of hydrogen-bond donors (Lipinski definition) is 2. The number of benzene rings is 2. The fourth-order valence-corrected chi connectivity index (χ4v) is 5.04. The van der Waals surface area contributed by atoms with Crippen LogP contribution in [0.3, 0.4) is 0 Å². The van der Waals surface area contributed by atoms with E-state index in [-0.39, 0.29) is 30.4 Å². The average molecular weight is 463 g/mol. The zero-order valence-corrected chi connectivity index (χ0v) is 19.4. The first-order valence-corrected chi connectivity index (χ1v) is 11.7. The molecular formula is C27H30N2O5. The number of nitrogens with one attached hydrogen (secondary N) is 1. The second-order valence-corrected chi connectivity index (χ2v) is 8.88. The molecule has 0 saturated heterocycles. The molecule has 0 heterocycles. The number of carboxylic acids is 1. The number of carboxylic acid groups (broad SMARTS) is 1. The third-order valence-corrected chi connectivity index (χ3v) is 6.81. The number of alkyl carbamates (subject to hydrolysis) is 1. The first-order chi connectivity index (χ1) is 16.4. The summed E-state index contributed by atoms with van der Waals surface area (Å²) in [6, 6.07) is 15.1. The molecule has 2 N–H and O–H groups in total. The zero-order valence-electron chi connectivity index (χ0n) is 19.4. The molecule has 4 rings (SSSR count). The molecule has 2 amide bonds. The highest BCUT2D eigenvalue weighted by atomic mass is 16.5. The van der Waals surface area contributed by atoms with Gasteiger partial charge in [-0.3, -0.25) is 4.79 Å². The van der Waals surface area contributed by atoms with Crippen molar-refractivity contribution in [3.63, 3.8) is 0 Å². The number of carbonyl (C=O) groups is 3. The van der Waals surface area contributed by atoms with Crippen molar-refractivity contribution in [1.82, 2.24) is 10.2 Å². The van der Waals surface area contributed by atoms with Gasteiger partial charge in [0.2, 0.25) is 5.91 Å². The summed E-state index contributed by atoms with van der Waals surface area (Å²) in [4.78, 5) is 38.2. The molecule has 0 radical (unpaired) electrons. The van der Waals surface area contributed by atoms with Gasteiger partial charge in [-0.1, -0.05) is 67.6 Å². The van der Waals surface area contributed by atoms with Gasteiger partial charge >= 0.3 is 12.1 Å². The van der Waals surface area contributed by atoms with Crippen LogP contribution in [0, 0.1) is 5.92 Å². The van der Waals surface area contributed by atoms with Crippen molar-refractivity contribution in [3.8, 4) is 11.1 Å². The van der Waals surface area contributed by atoms with Crippen molar-refractivity contribution in [2.75, 3.05) is 13.7 Å². The lowest BCUT2D eigenvalue weighted by atomic mass is 9.89. The topological polar surface area (TPSA) is 95.9 Å². The second kappa shape index (κ2) is 10.1. The van der Waals surface area contributed by atoms with Crippen molar-refractivity contribution in [3.05, 3.63) is 71.8 Å². The number of hydrogen-bond acceptors (Lipinski definition) is 4. The lowest BCUT2D eigenvalue weighted by Gasteiger charge is -2.31. The fourth-order valence-electron chi connectivity index (χ4n) is 5.04. The molecule has 7 heteroatoms. The van der Waals surface area contributed by atoms with Gasteiger partial charge in [0.05, 0.1) is 6.04 Å². The quantitative estimate of drug-likeness (QED) is 0.602. The van der Waals surface area contributed by atoms with E-state index in [0.717, 1.165) is 11.1 Å². The summed E-state index contributed by atoms with van der Waals surface area (Å²) in [6.45, 7) is 1.96. The van der Waals surface area contributed by atoms with E-state index >= 15 is 0 Å². The highest BCUT2D eigenvalue weighted by Crippen LogP contribution is 2.44. The number of rotatable bonds is 7. The van der Waals surface area contributed by atoms with Gasteiger partial charge < -0.3 is 20.1 Å². The van der Waals surface area contributed by atoms with E-state index in [0.29, 0.717) is 19.3 Å². The molecule has 0 spiro atoms. The maximum absolute atomic E-state index is 12.9. The van der Waals surface area contributed by atoms with E-state index in [2.05, 4.69) is 29.6 Å². The minimum absolute atomic E-state index is 0.0231. The smallest absolute Gasteiger partial charge is 0.407 e. The molecular weight excluding hydrogens is 432 g/mol. The largest absolute Gasteiger partial charge is 0.480 e. The molecule has 178 valence electrons. The van der Waals surface area contributed by atoms with E-state index in [1.165, 1.54) is 23.1 Å². The predicted octanol–water partition coefficient (Wildman–Crippen LogP) is 4.18. The highest BCUT2D eigenvalue weighted by Gasteiger charge is 2.33. The predicted molar refractivity (Wildman–Crippen MR) is 128 cm³/mol.